The molecular weight excluding hydrogens is 460 g/mol. The van der Waals surface area contributed by atoms with Crippen LogP contribution in [0.2, 0.25) is 10.0 Å². The number of likely N-dealkylation sites (N-methyl/N-ethyl adjacent to an activating group) is 1. The van der Waals surface area contributed by atoms with Crippen molar-refractivity contribution >= 4 is 29.1 Å². The maximum absolute atomic E-state index is 13.1. The summed E-state index contributed by atoms with van der Waals surface area (Å²) in [7, 11) is 1.73. The maximum Gasteiger partial charge on any atom is 0.416 e. The monoisotopic (exact) mass is 480 g/mol. The van der Waals surface area contributed by atoms with Crippen molar-refractivity contribution in [3.63, 3.8) is 0 Å². The number of carbonyl (C=O) groups excluding carboxylic acids is 1. The summed E-state index contributed by atoms with van der Waals surface area (Å²) in [6.45, 7) is 0.638. The summed E-state index contributed by atoms with van der Waals surface area (Å²) >= 11 is 12.1. The van der Waals surface area contributed by atoms with Gasteiger partial charge >= 0.3 is 6.18 Å². The summed E-state index contributed by atoms with van der Waals surface area (Å²) in [6.07, 6.45) is -4.45. The second-order valence-electron chi connectivity index (χ2n) is 7.39. The zero-order valence-electron chi connectivity index (χ0n) is 17.2. The molecule has 32 heavy (non-hydrogen) atoms. The largest absolute Gasteiger partial charge is 0.416 e. The number of alkyl halides is 3. The number of nitrogens with one attached hydrogen (secondary N) is 1. The number of hydrogen-bond donors (Lipinski definition) is 1. The summed E-state index contributed by atoms with van der Waals surface area (Å²) in [5.41, 5.74) is 1.41. The Balaban J connectivity index is 1.85. The summed E-state index contributed by atoms with van der Waals surface area (Å²) in [4.78, 5) is 14.9. The van der Waals surface area contributed by atoms with Crippen molar-refractivity contribution in [1.82, 2.24) is 10.2 Å². The van der Waals surface area contributed by atoms with Gasteiger partial charge in [-0.1, -0.05) is 71.7 Å². The van der Waals surface area contributed by atoms with Crippen molar-refractivity contribution in [2.24, 2.45) is 0 Å². The van der Waals surface area contributed by atoms with E-state index >= 15 is 0 Å². The molecule has 3 aromatic carbocycles. The van der Waals surface area contributed by atoms with Crippen LogP contribution in [0.1, 0.15) is 28.3 Å². The third-order valence-corrected chi connectivity index (χ3v) is 5.71. The highest BCUT2D eigenvalue weighted by Crippen LogP contribution is 2.31. The summed E-state index contributed by atoms with van der Waals surface area (Å²) in [5.74, 6) is -0.323. The Morgan fingerprint density at radius 1 is 0.938 bits per heavy atom. The molecule has 0 saturated carbocycles. The van der Waals surface area contributed by atoms with E-state index in [1.807, 2.05) is 30.3 Å². The molecule has 3 rings (SSSR count). The molecule has 0 aromatic heterocycles. The average molecular weight is 481 g/mol. The fraction of sp³-hybridized carbons (Fsp3) is 0.208. The quantitative estimate of drug-likeness (QED) is 0.418. The van der Waals surface area contributed by atoms with Crippen molar-refractivity contribution < 1.29 is 18.0 Å². The van der Waals surface area contributed by atoms with Crippen molar-refractivity contribution in [1.29, 1.82) is 0 Å². The van der Waals surface area contributed by atoms with Crippen molar-refractivity contribution in [3.05, 3.63) is 105 Å². The first kappa shape index (κ1) is 24.1. The smallest absolute Gasteiger partial charge is 0.350 e. The van der Waals surface area contributed by atoms with Gasteiger partial charge in [-0.2, -0.15) is 13.2 Å². The highest BCUT2D eigenvalue weighted by Gasteiger charge is 2.31. The van der Waals surface area contributed by atoms with Crippen LogP contribution in [0.5, 0.6) is 0 Å². The van der Waals surface area contributed by atoms with Crippen LogP contribution in [-0.2, 0) is 24.1 Å². The van der Waals surface area contributed by atoms with Crippen molar-refractivity contribution in [2.45, 2.75) is 25.3 Å². The van der Waals surface area contributed by atoms with E-state index in [0.29, 0.717) is 28.7 Å². The molecule has 0 spiro atoms. The fourth-order valence-electron chi connectivity index (χ4n) is 3.36. The Morgan fingerprint density at radius 2 is 1.59 bits per heavy atom. The van der Waals surface area contributed by atoms with Crippen LogP contribution in [0, 0.1) is 0 Å². The fourth-order valence-corrected chi connectivity index (χ4v) is 3.68. The summed E-state index contributed by atoms with van der Waals surface area (Å²) in [5, 5.41) is 3.68. The number of hydrogen-bond acceptors (Lipinski definition) is 2. The lowest BCUT2D eigenvalue weighted by Gasteiger charge is -2.28. The van der Waals surface area contributed by atoms with Crippen molar-refractivity contribution in [3.8, 4) is 0 Å². The van der Waals surface area contributed by atoms with Gasteiger partial charge in [0.05, 0.1) is 15.6 Å². The summed E-state index contributed by atoms with van der Waals surface area (Å²) in [6, 6.07) is 18.4. The molecule has 168 valence electrons. The lowest BCUT2D eigenvalue weighted by molar-refractivity contribution is -0.137. The van der Waals surface area contributed by atoms with Gasteiger partial charge in [0.2, 0.25) is 5.91 Å². The van der Waals surface area contributed by atoms with Crippen LogP contribution in [0.25, 0.3) is 0 Å². The van der Waals surface area contributed by atoms with Crippen LogP contribution < -0.4 is 5.32 Å². The Labute approximate surface area is 194 Å². The zero-order valence-corrected chi connectivity index (χ0v) is 18.7. The molecule has 0 heterocycles. The number of amides is 1. The Kier molecular flexibility index (Phi) is 7.82. The molecule has 0 bridgehead atoms. The maximum atomic E-state index is 13.1. The van der Waals surface area contributed by atoms with E-state index in [2.05, 4.69) is 5.32 Å². The van der Waals surface area contributed by atoms with Gasteiger partial charge < -0.3 is 5.32 Å². The number of nitrogens with zero attached hydrogens (tertiary/aromatic N) is 1. The highest BCUT2D eigenvalue weighted by atomic mass is 35.5. The topological polar surface area (TPSA) is 32.3 Å². The van der Waals surface area contributed by atoms with Crippen LogP contribution in [0.15, 0.2) is 72.8 Å². The molecule has 8 heteroatoms. The van der Waals surface area contributed by atoms with Gasteiger partial charge in [-0.15, -0.1) is 0 Å². The highest BCUT2D eigenvalue weighted by molar-refractivity contribution is 6.42. The van der Waals surface area contributed by atoms with Gasteiger partial charge in [0.1, 0.15) is 6.04 Å². The molecule has 0 aliphatic carbocycles. The van der Waals surface area contributed by atoms with E-state index in [1.165, 1.54) is 12.1 Å². The van der Waals surface area contributed by atoms with Gasteiger partial charge in [0, 0.05) is 13.1 Å². The number of halogens is 5. The minimum atomic E-state index is -4.45. The zero-order chi connectivity index (χ0) is 23.3. The number of rotatable bonds is 7. The van der Waals surface area contributed by atoms with E-state index < -0.39 is 17.8 Å². The standard InChI is InChI=1S/C24H21Cl2F3N2O/c1-31(15-17-7-12-20(25)21(26)13-17)22(18-8-10-19(11-9-18)24(27,28)29)23(32)30-14-16-5-3-2-4-6-16/h2-13,22H,14-15H2,1H3,(H,30,32). The predicted molar refractivity (Wildman–Crippen MR) is 120 cm³/mol. The number of carbonyl (C=O) groups is 1. The van der Waals surface area contributed by atoms with Gasteiger partial charge in [-0.3, -0.25) is 9.69 Å². The van der Waals surface area contributed by atoms with Crippen LogP contribution in [0.3, 0.4) is 0 Å². The Hall–Kier alpha value is -2.54. The minimum Gasteiger partial charge on any atom is -0.350 e. The van der Waals surface area contributed by atoms with E-state index in [9.17, 15) is 18.0 Å². The molecule has 0 fully saturated rings. The van der Waals surface area contributed by atoms with Gasteiger partial charge in [0.15, 0.2) is 0 Å². The molecule has 0 radical (unpaired) electrons. The summed E-state index contributed by atoms with van der Waals surface area (Å²) < 4.78 is 39.0. The van der Waals surface area contributed by atoms with E-state index in [0.717, 1.165) is 23.3 Å². The van der Waals surface area contributed by atoms with Crippen LogP contribution in [0.4, 0.5) is 13.2 Å². The van der Waals surface area contributed by atoms with Gasteiger partial charge in [0.25, 0.3) is 0 Å². The Morgan fingerprint density at radius 3 is 2.19 bits per heavy atom. The molecule has 3 nitrogen and oxygen atoms in total. The van der Waals surface area contributed by atoms with Gasteiger partial charge in [-0.05, 0) is 48.0 Å². The van der Waals surface area contributed by atoms with Crippen molar-refractivity contribution in [2.75, 3.05) is 7.05 Å². The molecule has 0 aliphatic heterocycles. The molecule has 1 amide bonds. The third-order valence-electron chi connectivity index (χ3n) is 4.97. The van der Waals surface area contributed by atoms with E-state index in [1.54, 1.807) is 30.1 Å². The third kappa shape index (κ3) is 6.25. The molecule has 1 N–H and O–H groups in total. The minimum absolute atomic E-state index is 0.303. The second kappa shape index (κ2) is 10.4. The molecule has 1 unspecified atom stereocenters. The molecule has 0 aliphatic rings. The Bertz CT molecular complexity index is 1060. The first-order chi connectivity index (χ1) is 15.1. The lowest BCUT2D eigenvalue weighted by Crippen LogP contribution is -2.38. The molecule has 0 saturated heterocycles. The lowest BCUT2D eigenvalue weighted by atomic mass is 10.0. The predicted octanol–water partition coefficient (Wildman–Crippen LogP) is 6.50. The normalized spacial score (nSPS) is 12.6. The van der Waals surface area contributed by atoms with E-state index in [4.69, 9.17) is 23.2 Å². The van der Waals surface area contributed by atoms with Crippen LogP contribution in [-0.4, -0.2) is 17.9 Å². The SMILES string of the molecule is CN(Cc1ccc(Cl)c(Cl)c1)C(C(=O)NCc1ccccc1)c1ccc(C(F)(F)F)cc1. The number of benzene rings is 3. The molecule has 1 atom stereocenters. The first-order valence-corrected chi connectivity index (χ1v) is 10.5. The molecule has 3 aromatic rings. The van der Waals surface area contributed by atoms with E-state index in [-0.39, 0.29) is 5.91 Å². The first-order valence-electron chi connectivity index (χ1n) is 9.78. The van der Waals surface area contributed by atoms with Gasteiger partial charge in [-0.25, -0.2) is 0 Å². The molecular formula is C24H21Cl2F3N2O. The second-order valence-corrected chi connectivity index (χ2v) is 8.20. The average Bonchev–Trinajstić information content (AvgIpc) is 2.75. The van der Waals surface area contributed by atoms with Crippen LogP contribution >= 0.6 is 23.2 Å².